The van der Waals surface area contributed by atoms with Gasteiger partial charge in [0.2, 0.25) is 5.76 Å². The minimum absolute atomic E-state index is 0.0142. The Bertz CT molecular complexity index is 605. The molecule has 1 aromatic carbocycles. The van der Waals surface area contributed by atoms with E-state index in [4.69, 9.17) is 14.3 Å². The molecule has 0 fully saturated rings. The molecule has 19 heavy (non-hydrogen) atoms. The lowest BCUT2D eigenvalue weighted by Gasteiger charge is -2.10. The van der Waals surface area contributed by atoms with Crippen LogP contribution in [-0.2, 0) is 6.54 Å². The summed E-state index contributed by atoms with van der Waals surface area (Å²) in [4.78, 5) is 10.9. The molecule has 2 N–H and O–H groups in total. The van der Waals surface area contributed by atoms with Gasteiger partial charge in [-0.15, -0.1) is 0 Å². The fourth-order valence-corrected chi connectivity index (χ4v) is 2.23. The van der Waals surface area contributed by atoms with E-state index in [9.17, 15) is 4.79 Å². The van der Waals surface area contributed by atoms with Crippen LogP contribution < -0.4 is 10.1 Å². The molecule has 1 atom stereocenters. The number of carboxylic acids is 1. The van der Waals surface area contributed by atoms with Gasteiger partial charge in [0, 0.05) is 17.7 Å². The van der Waals surface area contributed by atoms with Crippen LogP contribution in [-0.4, -0.2) is 17.7 Å². The molecule has 1 aromatic heterocycles. The molecule has 0 radical (unpaired) electrons. The average molecular weight is 259 g/mol. The number of furan rings is 1. The maximum Gasteiger partial charge on any atom is 0.372 e. The normalized spacial score (nSPS) is 16.9. The molecule has 2 aromatic rings. The van der Waals surface area contributed by atoms with E-state index >= 15 is 0 Å². The maximum absolute atomic E-state index is 10.9. The van der Waals surface area contributed by atoms with Crippen molar-refractivity contribution in [2.45, 2.75) is 12.6 Å². The summed E-state index contributed by atoms with van der Waals surface area (Å²) >= 11 is 0. The van der Waals surface area contributed by atoms with Gasteiger partial charge >= 0.3 is 5.97 Å². The lowest BCUT2D eigenvalue weighted by molar-refractivity contribution is 0.0660. The summed E-state index contributed by atoms with van der Waals surface area (Å²) in [5, 5.41) is 12.2. The molecular formula is C14H13NO4. The van der Waals surface area contributed by atoms with E-state index in [0.717, 1.165) is 11.3 Å². The predicted octanol–water partition coefficient (Wildman–Crippen LogP) is 2.20. The summed E-state index contributed by atoms with van der Waals surface area (Å²) in [6.45, 7) is 0.986. The van der Waals surface area contributed by atoms with Crippen molar-refractivity contribution in [1.29, 1.82) is 0 Å². The Morgan fingerprint density at radius 1 is 1.37 bits per heavy atom. The van der Waals surface area contributed by atoms with Crippen LogP contribution in [0.3, 0.4) is 0 Å². The van der Waals surface area contributed by atoms with Crippen molar-refractivity contribution < 1.29 is 19.1 Å². The van der Waals surface area contributed by atoms with E-state index in [-0.39, 0.29) is 11.8 Å². The molecule has 5 heteroatoms. The SMILES string of the molecule is O=C(O)c1occc1CNC1COc2ccccc21. The molecule has 2 heterocycles. The van der Waals surface area contributed by atoms with Gasteiger partial charge < -0.3 is 19.6 Å². The largest absolute Gasteiger partial charge is 0.491 e. The Hall–Kier alpha value is -2.27. The van der Waals surface area contributed by atoms with E-state index in [1.54, 1.807) is 6.07 Å². The van der Waals surface area contributed by atoms with Gasteiger partial charge in [0.25, 0.3) is 0 Å². The maximum atomic E-state index is 10.9. The van der Waals surface area contributed by atoms with Crippen LogP contribution in [0.4, 0.5) is 0 Å². The summed E-state index contributed by atoms with van der Waals surface area (Å²) in [5.41, 5.74) is 1.74. The van der Waals surface area contributed by atoms with Crippen molar-refractivity contribution in [3.05, 3.63) is 53.5 Å². The number of nitrogens with one attached hydrogen (secondary N) is 1. The monoisotopic (exact) mass is 259 g/mol. The molecule has 1 aliphatic rings. The van der Waals surface area contributed by atoms with Crippen LogP contribution >= 0.6 is 0 Å². The van der Waals surface area contributed by atoms with Gasteiger partial charge in [0.15, 0.2) is 0 Å². The number of ether oxygens (including phenoxy) is 1. The fraction of sp³-hybridized carbons (Fsp3) is 0.214. The highest BCUT2D eigenvalue weighted by Crippen LogP contribution is 2.31. The second kappa shape index (κ2) is 4.78. The van der Waals surface area contributed by atoms with Crippen molar-refractivity contribution in [3.8, 4) is 5.75 Å². The van der Waals surface area contributed by atoms with Gasteiger partial charge in [0.1, 0.15) is 12.4 Å². The van der Waals surface area contributed by atoms with Crippen LogP contribution in [0.25, 0.3) is 0 Å². The Labute approximate surface area is 109 Å². The van der Waals surface area contributed by atoms with E-state index < -0.39 is 5.97 Å². The zero-order valence-corrected chi connectivity index (χ0v) is 10.1. The number of benzene rings is 1. The second-order valence-electron chi connectivity index (χ2n) is 4.36. The van der Waals surface area contributed by atoms with E-state index in [1.165, 1.54) is 6.26 Å². The van der Waals surface area contributed by atoms with Gasteiger partial charge in [-0.05, 0) is 12.1 Å². The van der Waals surface area contributed by atoms with Gasteiger partial charge in [0.05, 0.1) is 12.3 Å². The van der Waals surface area contributed by atoms with Crippen molar-refractivity contribution in [3.63, 3.8) is 0 Å². The number of hydrogen-bond acceptors (Lipinski definition) is 4. The molecule has 0 saturated carbocycles. The minimum Gasteiger partial charge on any atom is -0.491 e. The summed E-state index contributed by atoms with van der Waals surface area (Å²) < 4.78 is 10.5. The first kappa shape index (κ1) is 11.8. The third kappa shape index (κ3) is 2.20. The molecule has 1 unspecified atom stereocenters. The number of fused-ring (bicyclic) bond motifs is 1. The highest BCUT2D eigenvalue weighted by molar-refractivity contribution is 5.86. The molecule has 5 nitrogen and oxygen atoms in total. The quantitative estimate of drug-likeness (QED) is 0.880. The molecule has 3 rings (SSSR count). The zero-order chi connectivity index (χ0) is 13.2. The second-order valence-corrected chi connectivity index (χ2v) is 4.36. The van der Waals surface area contributed by atoms with Crippen LogP contribution in [0.15, 0.2) is 41.0 Å². The fourth-order valence-electron chi connectivity index (χ4n) is 2.23. The third-order valence-corrected chi connectivity index (χ3v) is 3.18. The number of para-hydroxylation sites is 1. The molecule has 98 valence electrons. The first-order valence-electron chi connectivity index (χ1n) is 6.00. The van der Waals surface area contributed by atoms with Crippen molar-refractivity contribution >= 4 is 5.97 Å². The van der Waals surface area contributed by atoms with Crippen molar-refractivity contribution in [2.75, 3.05) is 6.61 Å². The predicted molar refractivity (Wildman–Crippen MR) is 67.2 cm³/mol. The molecule has 0 spiro atoms. The first-order valence-corrected chi connectivity index (χ1v) is 6.00. The van der Waals surface area contributed by atoms with Gasteiger partial charge in [-0.2, -0.15) is 0 Å². The lowest BCUT2D eigenvalue weighted by Crippen LogP contribution is -2.22. The molecule has 0 bridgehead atoms. The highest BCUT2D eigenvalue weighted by Gasteiger charge is 2.24. The lowest BCUT2D eigenvalue weighted by atomic mass is 10.1. The first-order chi connectivity index (χ1) is 9.25. The molecule has 0 amide bonds. The topological polar surface area (TPSA) is 71.7 Å². The van der Waals surface area contributed by atoms with Gasteiger partial charge in [-0.3, -0.25) is 0 Å². The standard InChI is InChI=1S/C14H13NO4/c16-14(17)13-9(5-6-18-13)7-15-11-8-19-12-4-2-1-3-10(11)12/h1-6,11,15H,7-8H2,(H,16,17). The summed E-state index contributed by atoms with van der Waals surface area (Å²) in [7, 11) is 0. The summed E-state index contributed by atoms with van der Waals surface area (Å²) in [6, 6.07) is 9.57. The van der Waals surface area contributed by atoms with Crippen LogP contribution in [0.1, 0.15) is 27.7 Å². The Balaban J connectivity index is 1.71. The third-order valence-electron chi connectivity index (χ3n) is 3.18. The van der Waals surface area contributed by atoms with Crippen molar-refractivity contribution in [1.82, 2.24) is 5.32 Å². The van der Waals surface area contributed by atoms with Crippen LogP contribution in [0, 0.1) is 0 Å². The van der Waals surface area contributed by atoms with E-state index in [2.05, 4.69) is 5.32 Å². The Morgan fingerprint density at radius 3 is 3.05 bits per heavy atom. The summed E-state index contributed by atoms with van der Waals surface area (Å²) in [5.74, 6) is -0.185. The van der Waals surface area contributed by atoms with Crippen LogP contribution in [0.2, 0.25) is 0 Å². The minimum atomic E-state index is -1.05. The Morgan fingerprint density at radius 2 is 2.21 bits per heavy atom. The zero-order valence-electron chi connectivity index (χ0n) is 10.1. The molecule has 0 saturated heterocycles. The highest BCUT2D eigenvalue weighted by atomic mass is 16.5. The average Bonchev–Trinajstić information content (AvgIpc) is 3.03. The number of hydrogen-bond donors (Lipinski definition) is 2. The number of carbonyl (C=O) groups is 1. The van der Waals surface area contributed by atoms with Crippen LogP contribution in [0.5, 0.6) is 5.75 Å². The van der Waals surface area contributed by atoms with Gasteiger partial charge in [-0.25, -0.2) is 4.79 Å². The number of aromatic carboxylic acids is 1. The number of rotatable bonds is 4. The summed E-state index contributed by atoms with van der Waals surface area (Å²) in [6.07, 6.45) is 1.39. The molecule has 1 aliphatic heterocycles. The molecule has 0 aliphatic carbocycles. The van der Waals surface area contributed by atoms with Crippen molar-refractivity contribution in [2.24, 2.45) is 0 Å². The van der Waals surface area contributed by atoms with E-state index in [0.29, 0.717) is 18.7 Å². The Kier molecular flexibility index (Phi) is 2.97. The molecular weight excluding hydrogens is 246 g/mol. The van der Waals surface area contributed by atoms with Gasteiger partial charge in [-0.1, -0.05) is 18.2 Å². The number of carboxylic acid groups (broad SMARTS) is 1. The smallest absolute Gasteiger partial charge is 0.372 e. The van der Waals surface area contributed by atoms with E-state index in [1.807, 2.05) is 24.3 Å².